The summed E-state index contributed by atoms with van der Waals surface area (Å²) < 4.78 is 25.5. The van der Waals surface area contributed by atoms with Crippen molar-refractivity contribution in [1.82, 2.24) is 4.72 Å². The third-order valence-electron chi connectivity index (χ3n) is 1.64. The molecular weight excluding hydrogens is 220 g/mol. The first kappa shape index (κ1) is 13.8. The number of nitrogens with one attached hydrogen (secondary N) is 1. The van der Waals surface area contributed by atoms with E-state index in [9.17, 15) is 8.42 Å². The lowest BCUT2D eigenvalue weighted by molar-refractivity contribution is 0.419. The fourth-order valence-corrected chi connectivity index (χ4v) is 3.18. The minimum absolute atomic E-state index is 0.00945. The van der Waals surface area contributed by atoms with Gasteiger partial charge in [0, 0.05) is 5.54 Å². The first-order valence-electron chi connectivity index (χ1n) is 4.48. The van der Waals surface area contributed by atoms with Crippen LogP contribution in [0.5, 0.6) is 0 Å². The van der Waals surface area contributed by atoms with E-state index in [1.807, 2.05) is 20.8 Å². The molecule has 0 saturated carbocycles. The van der Waals surface area contributed by atoms with Gasteiger partial charge < -0.3 is 5.73 Å². The number of sulfonamides is 1. The Labute approximate surface area is 91.3 Å². The summed E-state index contributed by atoms with van der Waals surface area (Å²) >= 11 is 4.56. The molecule has 4 nitrogen and oxygen atoms in total. The van der Waals surface area contributed by atoms with Crippen LogP contribution in [0, 0.1) is 0 Å². The van der Waals surface area contributed by atoms with Gasteiger partial charge >= 0.3 is 0 Å². The minimum Gasteiger partial charge on any atom is -0.392 e. The van der Waals surface area contributed by atoms with E-state index in [-0.39, 0.29) is 10.7 Å². The zero-order valence-electron chi connectivity index (χ0n) is 8.83. The molecule has 0 bridgehead atoms. The van der Waals surface area contributed by atoms with E-state index in [1.54, 1.807) is 0 Å². The highest BCUT2D eigenvalue weighted by Crippen LogP contribution is 2.12. The van der Waals surface area contributed by atoms with Crippen LogP contribution < -0.4 is 10.5 Å². The standard InChI is InChI=1S/C8H18N2O2S2/c1-4-5-8(2,3)10-14(11,12)6-7(9)13/h10H,4-6H2,1-3H3,(H2,9,13). The molecule has 0 rings (SSSR count). The van der Waals surface area contributed by atoms with Crippen molar-refractivity contribution in [3.63, 3.8) is 0 Å². The maximum Gasteiger partial charge on any atom is 0.218 e. The second kappa shape index (κ2) is 5.04. The van der Waals surface area contributed by atoms with Crippen molar-refractivity contribution in [2.24, 2.45) is 5.73 Å². The predicted octanol–water partition coefficient (Wildman–Crippen LogP) is 0.771. The van der Waals surface area contributed by atoms with Crippen LogP contribution in [0.4, 0.5) is 0 Å². The topological polar surface area (TPSA) is 72.2 Å². The average Bonchev–Trinajstić information content (AvgIpc) is 1.78. The number of hydrogen-bond acceptors (Lipinski definition) is 3. The lowest BCUT2D eigenvalue weighted by Crippen LogP contribution is -2.45. The van der Waals surface area contributed by atoms with Gasteiger partial charge in [-0.1, -0.05) is 25.6 Å². The molecule has 0 fully saturated rings. The maximum atomic E-state index is 11.5. The van der Waals surface area contributed by atoms with Gasteiger partial charge in [0.05, 0.1) is 4.99 Å². The molecule has 0 unspecified atom stereocenters. The Kier molecular flexibility index (Phi) is 4.97. The van der Waals surface area contributed by atoms with Crippen LogP contribution in [0.2, 0.25) is 0 Å². The van der Waals surface area contributed by atoms with E-state index in [0.717, 1.165) is 12.8 Å². The molecule has 0 radical (unpaired) electrons. The van der Waals surface area contributed by atoms with Gasteiger partial charge in [0.1, 0.15) is 5.75 Å². The third kappa shape index (κ3) is 6.28. The first-order valence-corrected chi connectivity index (χ1v) is 6.54. The Hall–Kier alpha value is -0.200. The van der Waals surface area contributed by atoms with Crippen LogP contribution in [0.3, 0.4) is 0 Å². The fourth-order valence-electron chi connectivity index (χ4n) is 1.32. The summed E-state index contributed by atoms with van der Waals surface area (Å²) in [7, 11) is -3.38. The van der Waals surface area contributed by atoms with Crippen molar-refractivity contribution in [1.29, 1.82) is 0 Å². The van der Waals surface area contributed by atoms with Crippen molar-refractivity contribution < 1.29 is 8.42 Å². The predicted molar refractivity (Wildman–Crippen MR) is 62.7 cm³/mol. The lowest BCUT2D eigenvalue weighted by atomic mass is 10.0. The molecule has 84 valence electrons. The molecule has 0 aliphatic heterocycles. The fraction of sp³-hybridized carbons (Fsp3) is 0.875. The molecule has 0 spiro atoms. The molecule has 0 aromatic rings. The highest BCUT2D eigenvalue weighted by Gasteiger charge is 2.24. The van der Waals surface area contributed by atoms with Gasteiger partial charge in [0.25, 0.3) is 0 Å². The van der Waals surface area contributed by atoms with Crippen LogP contribution in [0.15, 0.2) is 0 Å². The van der Waals surface area contributed by atoms with Crippen LogP contribution in [-0.4, -0.2) is 24.7 Å². The molecule has 0 atom stereocenters. The Morgan fingerprint density at radius 1 is 1.50 bits per heavy atom. The van der Waals surface area contributed by atoms with Crippen molar-refractivity contribution in [2.75, 3.05) is 5.75 Å². The number of nitrogens with two attached hydrogens (primary N) is 1. The number of hydrogen-bond donors (Lipinski definition) is 2. The third-order valence-corrected chi connectivity index (χ3v) is 3.52. The van der Waals surface area contributed by atoms with Crippen molar-refractivity contribution in [3.05, 3.63) is 0 Å². The summed E-state index contributed by atoms with van der Waals surface area (Å²) in [6.45, 7) is 5.69. The van der Waals surface area contributed by atoms with Gasteiger partial charge in [0.2, 0.25) is 10.0 Å². The summed E-state index contributed by atoms with van der Waals surface area (Å²) in [5, 5.41) is 0. The zero-order chi connectivity index (χ0) is 11.4. The molecule has 6 heteroatoms. The quantitative estimate of drug-likeness (QED) is 0.671. The largest absolute Gasteiger partial charge is 0.392 e. The van der Waals surface area contributed by atoms with E-state index >= 15 is 0 Å². The zero-order valence-corrected chi connectivity index (χ0v) is 10.5. The molecule has 0 aromatic carbocycles. The van der Waals surface area contributed by atoms with E-state index in [2.05, 4.69) is 16.9 Å². The smallest absolute Gasteiger partial charge is 0.218 e. The Morgan fingerprint density at radius 2 is 2.00 bits per heavy atom. The first-order chi connectivity index (χ1) is 6.18. The molecule has 0 aliphatic rings. The van der Waals surface area contributed by atoms with Gasteiger partial charge in [-0.2, -0.15) is 0 Å². The molecule has 0 amide bonds. The van der Waals surface area contributed by atoms with E-state index in [4.69, 9.17) is 5.73 Å². The van der Waals surface area contributed by atoms with Gasteiger partial charge in [-0.3, -0.25) is 0 Å². The molecular formula is C8H18N2O2S2. The van der Waals surface area contributed by atoms with Crippen LogP contribution in [0.25, 0.3) is 0 Å². The Balaban J connectivity index is 4.42. The van der Waals surface area contributed by atoms with Crippen LogP contribution in [0.1, 0.15) is 33.6 Å². The molecule has 0 aliphatic carbocycles. The molecule has 0 aromatic heterocycles. The monoisotopic (exact) mass is 238 g/mol. The average molecular weight is 238 g/mol. The van der Waals surface area contributed by atoms with Crippen LogP contribution in [-0.2, 0) is 10.0 Å². The van der Waals surface area contributed by atoms with Gasteiger partial charge in [-0.05, 0) is 20.3 Å². The normalized spacial score (nSPS) is 12.8. The van der Waals surface area contributed by atoms with E-state index in [1.165, 1.54) is 0 Å². The number of thiocarbonyl (C=S) groups is 1. The summed E-state index contributed by atoms with van der Waals surface area (Å²) in [6, 6.07) is 0. The van der Waals surface area contributed by atoms with Crippen molar-refractivity contribution in [3.8, 4) is 0 Å². The summed E-state index contributed by atoms with van der Waals surface area (Å²) in [5.74, 6) is -0.282. The highest BCUT2D eigenvalue weighted by atomic mass is 32.2. The van der Waals surface area contributed by atoms with Gasteiger partial charge in [0.15, 0.2) is 0 Å². The molecule has 14 heavy (non-hydrogen) atoms. The highest BCUT2D eigenvalue weighted by molar-refractivity contribution is 7.92. The summed E-state index contributed by atoms with van der Waals surface area (Å²) in [6.07, 6.45) is 1.70. The van der Waals surface area contributed by atoms with E-state index < -0.39 is 15.6 Å². The van der Waals surface area contributed by atoms with Crippen LogP contribution >= 0.6 is 12.2 Å². The number of rotatable bonds is 6. The maximum absolute atomic E-state index is 11.5. The summed E-state index contributed by atoms with van der Waals surface area (Å²) in [4.78, 5) is -0.00945. The van der Waals surface area contributed by atoms with E-state index in [0.29, 0.717) is 0 Å². The molecule has 3 N–H and O–H groups in total. The Bertz CT molecular complexity index is 296. The molecule has 0 heterocycles. The van der Waals surface area contributed by atoms with Crippen molar-refractivity contribution in [2.45, 2.75) is 39.2 Å². The lowest BCUT2D eigenvalue weighted by Gasteiger charge is -2.25. The van der Waals surface area contributed by atoms with Gasteiger partial charge in [-0.25, -0.2) is 13.1 Å². The van der Waals surface area contributed by atoms with Gasteiger partial charge in [-0.15, -0.1) is 0 Å². The SMILES string of the molecule is CCCC(C)(C)NS(=O)(=O)CC(N)=S. The second-order valence-electron chi connectivity index (χ2n) is 3.96. The minimum atomic E-state index is -3.38. The summed E-state index contributed by atoms with van der Waals surface area (Å²) in [5.41, 5.74) is 4.75. The second-order valence-corrected chi connectivity index (χ2v) is 6.21. The molecule has 0 saturated heterocycles. The van der Waals surface area contributed by atoms with Crippen molar-refractivity contribution >= 4 is 27.2 Å². The Morgan fingerprint density at radius 3 is 2.36 bits per heavy atom.